The van der Waals surface area contributed by atoms with E-state index in [1.165, 1.54) is 43.6 Å². The first-order chi connectivity index (χ1) is 9.79. The van der Waals surface area contributed by atoms with Crippen LogP contribution in [0.2, 0.25) is 0 Å². The number of hydrogen-bond donors (Lipinski definition) is 0. The van der Waals surface area contributed by atoms with E-state index in [2.05, 4.69) is 34.9 Å². The molecule has 2 atom stereocenters. The summed E-state index contributed by atoms with van der Waals surface area (Å²) < 4.78 is 5.60. The van der Waals surface area contributed by atoms with Gasteiger partial charge >= 0.3 is 0 Å². The molecule has 108 valence electrons. The summed E-state index contributed by atoms with van der Waals surface area (Å²) in [6.45, 7) is 8.15. The lowest BCUT2D eigenvalue weighted by Crippen LogP contribution is -2.54. The molecule has 2 saturated heterocycles. The van der Waals surface area contributed by atoms with E-state index < -0.39 is 0 Å². The van der Waals surface area contributed by atoms with Gasteiger partial charge in [0.1, 0.15) is 5.75 Å². The zero-order chi connectivity index (χ0) is 13.5. The van der Waals surface area contributed by atoms with Gasteiger partial charge in [0, 0.05) is 38.1 Å². The van der Waals surface area contributed by atoms with Crippen LogP contribution in [0.15, 0.2) is 18.2 Å². The van der Waals surface area contributed by atoms with Gasteiger partial charge in [-0.3, -0.25) is 9.80 Å². The molecule has 3 aliphatic rings. The van der Waals surface area contributed by atoms with Crippen molar-refractivity contribution in [1.82, 2.24) is 9.80 Å². The van der Waals surface area contributed by atoms with Crippen molar-refractivity contribution in [2.24, 2.45) is 0 Å². The van der Waals surface area contributed by atoms with Crippen LogP contribution in [0.4, 0.5) is 0 Å². The van der Waals surface area contributed by atoms with E-state index in [0.717, 1.165) is 31.4 Å². The molecule has 3 heteroatoms. The summed E-state index contributed by atoms with van der Waals surface area (Å²) in [5, 5.41) is 0. The van der Waals surface area contributed by atoms with Crippen molar-refractivity contribution in [1.29, 1.82) is 0 Å². The number of ether oxygens (including phenoxy) is 1. The quantitative estimate of drug-likeness (QED) is 0.821. The molecule has 0 aromatic heterocycles. The average Bonchev–Trinajstić information content (AvgIpc) is 3.06. The van der Waals surface area contributed by atoms with Crippen molar-refractivity contribution in [3.8, 4) is 5.75 Å². The Morgan fingerprint density at radius 2 is 2.25 bits per heavy atom. The Kier molecular flexibility index (Phi) is 3.20. The third-order valence-corrected chi connectivity index (χ3v) is 5.21. The summed E-state index contributed by atoms with van der Waals surface area (Å²) in [4.78, 5) is 5.36. The molecule has 0 bridgehead atoms. The molecule has 0 aliphatic carbocycles. The molecule has 0 N–H and O–H groups in total. The van der Waals surface area contributed by atoms with E-state index >= 15 is 0 Å². The molecular formula is C17H24N2O. The summed E-state index contributed by atoms with van der Waals surface area (Å²) >= 11 is 0. The molecule has 20 heavy (non-hydrogen) atoms. The lowest BCUT2D eigenvalue weighted by Gasteiger charge is -2.42. The van der Waals surface area contributed by atoms with Crippen LogP contribution >= 0.6 is 0 Å². The highest BCUT2D eigenvalue weighted by atomic mass is 16.5. The predicted octanol–water partition coefficient (Wildman–Crippen LogP) is 2.29. The van der Waals surface area contributed by atoms with Gasteiger partial charge in [-0.25, -0.2) is 0 Å². The lowest BCUT2D eigenvalue weighted by molar-refractivity contribution is 0.0540. The van der Waals surface area contributed by atoms with Gasteiger partial charge in [0.2, 0.25) is 0 Å². The molecule has 0 saturated carbocycles. The number of fused-ring (bicyclic) bond motifs is 2. The molecule has 0 amide bonds. The third-order valence-electron chi connectivity index (χ3n) is 5.21. The molecule has 2 fully saturated rings. The van der Waals surface area contributed by atoms with E-state index in [4.69, 9.17) is 4.74 Å². The zero-order valence-corrected chi connectivity index (χ0v) is 12.3. The number of benzene rings is 1. The van der Waals surface area contributed by atoms with Crippen LogP contribution in [0.3, 0.4) is 0 Å². The Morgan fingerprint density at radius 3 is 3.20 bits per heavy atom. The monoisotopic (exact) mass is 272 g/mol. The largest absolute Gasteiger partial charge is 0.493 e. The molecule has 0 spiro atoms. The summed E-state index contributed by atoms with van der Waals surface area (Å²) in [7, 11) is 0. The zero-order valence-electron chi connectivity index (χ0n) is 12.3. The summed E-state index contributed by atoms with van der Waals surface area (Å²) in [5.41, 5.74) is 2.85. The first-order valence-corrected chi connectivity index (χ1v) is 8.02. The first-order valence-electron chi connectivity index (χ1n) is 8.02. The first kappa shape index (κ1) is 12.7. The molecule has 0 radical (unpaired) electrons. The second-order valence-electron chi connectivity index (χ2n) is 6.61. The maximum Gasteiger partial charge on any atom is 0.122 e. The summed E-state index contributed by atoms with van der Waals surface area (Å²) in [5.74, 6) is 1.10. The summed E-state index contributed by atoms with van der Waals surface area (Å²) in [6, 6.07) is 8.25. The van der Waals surface area contributed by atoms with E-state index in [0.29, 0.717) is 6.04 Å². The van der Waals surface area contributed by atoms with Crippen LogP contribution < -0.4 is 4.74 Å². The Balaban J connectivity index is 1.48. The van der Waals surface area contributed by atoms with Crippen molar-refractivity contribution in [3.05, 3.63) is 29.3 Å². The Hall–Kier alpha value is -1.06. The second kappa shape index (κ2) is 5.05. The Bertz CT molecular complexity index is 502. The van der Waals surface area contributed by atoms with Crippen LogP contribution in [-0.2, 0) is 13.0 Å². The van der Waals surface area contributed by atoms with Crippen molar-refractivity contribution < 1.29 is 4.74 Å². The average molecular weight is 272 g/mol. The standard InChI is InChI=1S/C17H24N2O/c1-13-10-18-7-2-3-16(18)12-19(13)11-14-4-5-17-15(9-14)6-8-20-17/h4-5,9,13,16H,2-3,6-8,10-12H2,1H3/t13-,16?/m0/s1. The maximum atomic E-state index is 5.60. The molecule has 3 heterocycles. The van der Waals surface area contributed by atoms with Crippen molar-refractivity contribution >= 4 is 0 Å². The molecule has 3 nitrogen and oxygen atoms in total. The molecule has 3 aliphatic heterocycles. The van der Waals surface area contributed by atoms with Crippen LogP contribution in [0, 0.1) is 0 Å². The van der Waals surface area contributed by atoms with Crippen molar-refractivity contribution in [3.63, 3.8) is 0 Å². The van der Waals surface area contributed by atoms with Gasteiger partial charge in [0.05, 0.1) is 6.61 Å². The number of hydrogen-bond acceptors (Lipinski definition) is 3. The fourth-order valence-corrected chi connectivity index (χ4v) is 4.04. The Labute approximate surface area is 121 Å². The van der Waals surface area contributed by atoms with Crippen molar-refractivity contribution in [2.45, 2.75) is 44.8 Å². The molecule has 1 aromatic rings. The highest BCUT2D eigenvalue weighted by Gasteiger charge is 2.34. The van der Waals surface area contributed by atoms with Crippen LogP contribution in [0.1, 0.15) is 30.9 Å². The maximum absolute atomic E-state index is 5.60. The van der Waals surface area contributed by atoms with Crippen LogP contribution in [0.5, 0.6) is 5.75 Å². The summed E-state index contributed by atoms with van der Waals surface area (Å²) in [6.07, 6.45) is 3.86. The van der Waals surface area contributed by atoms with Crippen LogP contribution in [0.25, 0.3) is 0 Å². The van der Waals surface area contributed by atoms with Gasteiger partial charge < -0.3 is 4.74 Å². The van der Waals surface area contributed by atoms with Crippen LogP contribution in [-0.4, -0.2) is 48.1 Å². The van der Waals surface area contributed by atoms with E-state index in [1.807, 2.05) is 0 Å². The fourth-order valence-electron chi connectivity index (χ4n) is 4.04. The minimum atomic E-state index is 0.675. The topological polar surface area (TPSA) is 15.7 Å². The second-order valence-corrected chi connectivity index (χ2v) is 6.61. The minimum absolute atomic E-state index is 0.675. The lowest BCUT2D eigenvalue weighted by atomic mass is 10.0. The highest BCUT2D eigenvalue weighted by molar-refractivity contribution is 5.39. The SMILES string of the molecule is C[C@H]1CN2CCCC2CN1Cc1ccc2c(c1)CCO2. The van der Waals surface area contributed by atoms with E-state index in [9.17, 15) is 0 Å². The van der Waals surface area contributed by atoms with Gasteiger partial charge in [0.15, 0.2) is 0 Å². The molecule has 1 aromatic carbocycles. The predicted molar refractivity (Wildman–Crippen MR) is 80.1 cm³/mol. The van der Waals surface area contributed by atoms with Gasteiger partial charge in [0.25, 0.3) is 0 Å². The minimum Gasteiger partial charge on any atom is -0.493 e. The van der Waals surface area contributed by atoms with Gasteiger partial charge in [-0.15, -0.1) is 0 Å². The molecule has 1 unspecified atom stereocenters. The smallest absolute Gasteiger partial charge is 0.122 e. The van der Waals surface area contributed by atoms with Gasteiger partial charge in [-0.2, -0.15) is 0 Å². The van der Waals surface area contributed by atoms with Crippen molar-refractivity contribution in [2.75, 3.05) is 26.2 Å². The van der Waals surface area contributed by atoms with E-state index in [1.54, 1.807) is 0 Å². The number of rotatable bonds is 2. The molecular weight excluding hydrogens is 248 g/mol. The highest BCUT2D eigenvalue weighted by Crippen LogP contribution is 2.29. The third kappa shape index (κ3) is 2.23. The van der Waals surface area contributed by atoms with Gasteiger partial charge in [-0.1, -0.05) is 12.1 Å². The Morgan fingerprint density at radius 1 is 1.30 bits per heavy atom. The molecule has 4 rings (SSSR count). The van der Waals surface area contributed by atoms with E-state index in [-0.39, 0.29) is 0 Å². The normalized spacial score (nSPS) is 30.1. The van der Waals surface area contributed by atoms with Gasteiger partial charge in [-0.05, 0) is 43.5 Å². The number of nitrogens with zero attached hydrogens (tertiary/aromatic N) is 2. The number of piperazine rings is 1. The fraction of sp³-hybridized carbons (Fsp3) is 0.647.